The van der Waals surface area contributed by atoms with Gasteiger partial charge in [-0.1, -0.05) is 0 Å². The summed E-state index contributed by atoms with van der Waals surface area (Å²) in [6.45, 7) is 1.47. The van der Waals surface area contributed by atoms with Gasteiger partial charge < -0.3 is 15.2 Å². The number of amides is 1. The fraction of sp³-hybridized carbons (Fsp3) is 0.227. The number of benzene rings is 1. The Morgan fingerprint density at radius 2 is 1.97 bits per heavy atom. The van der Waals surface area contributed by atoms with Crippen LogP contribution in [0.3, 0.4) is 0 Å². The number of Topliss-reactive ketones (excluding diaryl/α,β-unsaturated/α-hetero) is 1. The van der Waals surface area contributed by atoms with Crippen molar-refractivity contribution in [1.82, 2.24) is 9.97 Å². The van der Waals surface area contributed by atoms with Crippen molar-refractivity contribution in [2.75, 3.05) is 17.3 Å². The minimum absolute atomic E-state index is 0.0773. The minimum atomic E-state index is -0.325. The molecule has 0 bridgehead atoms. The number of pyridine rings is 1. The molecular weight excluding hydrogens is 371 g/mol. The maximum absolute atomic E-state index is 13.3. The van der Waals surface area contributed by atoms with E-state index in [1.807, 2.05) is 6.07 Å². The molecule has 2 heterocycles. The lowest BCUT2D eigenvalue weighted by Gasteiger charge is -2.15. The van der Waals surface area contributed by atoms with Crippen molar-refractivity contribution in [3.63, 3.8) is 0 Å². The van der Waals surface area contributed by atoms with Gasteiger partial charge in [0.25, 0.3) is 0 Å². The normalized spacial score (nSPS) is 13.1. The molecule has 0 unspecified atom stereocenters. The lowest BCUT2D eigenvalue weighted by molar-refractivity contribution is -0.116. The summed E-state index contributed by atoms with van der Waals surface area (Å²) in [7, 11) is 1.66. The predicted octanol–water partition coefficient (Wildman–Crippen LogP) is 4.46. The molecule has 0 radical (unpaired) electrons. The number of H-pyrrole nitrogens is 1. The second kappa shape index (κ2) is 7.50. The molecule has 2 N–H and O–H groups in total. The molecule has 29 heavy (non-hydrogen) atoms. The number of fused-ring (bicyclic) bond motifs is 1. The molecule has 1 aliphatic carbocycles. The summed E-state index contributed by atoms with van der Waals surface area (Å²) in [5, 5.41) is 3.29. The maximum Gasteiger partial charge on any atom is 0.224 e. The number of hydrogen-bond acceptors (Lipinski definition) is 4. The smallest absolute Gasteiger partial charge is 0.224 e. The van der Waals surface area contributed by atoms with Crippen molar-refractivity contribution in [2.24, 2.45) is 0 Å². The molecule has 0 fully saturated rings. The van der Waals surface area contributed by atoms with Crippen LogP contribution in [0.25, 0.3) is 11.3 Å². The van der Waals surface area contributed by atoms with Crippen LogP contribution in [0.5, 0.6) is 0 Å². The van der Waals surface area contributed by atoms with E-state index in [2.05, 4.69) is 15.3 Å². The number of halogens is 1. The molecule has 0 aliphatic heterocycles. The largest absolute Gasteiger partial charge is 0.356 e. The van der Waals surface area contributed by atoms with Gasteiger partial charge in [-0.2, -0.15) is 0 Å². The number of hydrogen-bond donors (Lipinski definition) is 2. The van der Waals surface area contributed by atoms with Gasteiger partial charge in [-0.05, 0) is 49.2 Å². The Kier molecular flexibility index (Phi) is 4.88. The number of ketones is 1. The third kappa shape index (κ3) is 3.63. The molecule has 0 saturated carbocycles. The average Bonchev–Trinajstić information content (AvgIpc) is 3.09. The van der Waals surface area contributed by atoms with E-state index in [1.165, 1.54) is 24.0 Å². The molecule has 4 rings (SSSR count). The third-order valence-corrected chi connectivity index (χ3v) is 5.15. The van der Waals surface area contributed by atoms with Gasteiger partial charge in [0.05, 0.1) is 16.9 Å². The number of carbonyl (C=O) groups is 2. The van der Waals surface area contributed by atoms with Gasteiger partial charge in [0.1, 0.15) is 11.6 Å². The van der Waals surface area contributed by atoms with Crippen LogP contribution in [-0.4, -0.2) is 28.7 Å². The standard InChI is InChI=1S/C22H21FN4O2/c1-13(28)27(2)19-12-14(10-11-24-19)21-22(25-16-8-6-15(23)7-9-16)20-17(26-21)4-3-5-18(20)29/h6-12,25-26H,3-5H2,1-2H3. The van der Waals surface area contributed by atoms with Gasteiger partial charge in [-0.3, -0.25) is 9.59 Å². The zero-order valence-electron chi connectivity index (χ0n) is 16.3. The van der Waals surface area contributed by atoms with E-state index in [0.29, 0.717) is 29.2 Å². The summed E-state index contributed by atoms with van der Waals surface area (Å²) < 4.78 is 13.3. The number of rotatable bonds is 4. The van der Waals surface area contributed by atoms with Crippen molar-refractivity contribution in [3.8, 4) is 11.3 Å². The van der Waals surface area contributed by atoms with Crippen molar-refractivity contribution >= 4 is 28.9 Å². The first-order chi connectivity index (χ1) is 13.9. The molecule has 7 heteroatoms. The van der Waals surface area contributed by atoms with Crippen LogP contribution in [0.2, 0.25) is 0 Å². The van der Waals surface area contributed by atoms with Crippen molar-refractivity contribution < 1.29 is 14.0 Å². The fourth-order valence-electron chi connectivity index (χ4n) is 3.54. The summed E-state index contributed by atoms with van der Waals surface area (Å²) in [6, 6.07) is 9.64. The predicted molar refractivity (Wildman–Crippen MR) is 110 cm³/mol. The van der Waals surface area contributed by atoms with E-state index in [1.54, 1.807) is 31.4 Å². The molecule has 2 aromatic heterocycles. The van der Waals surface area contributed by atoms with E-state index in [4.69, 9.17) is 0 Å². The van der Waals surface area contributed by atoms with Crippen LogP contribution in [0.1, 0.15) is 35.8 Å². The first-order valence-corrected chi connectivity index (χ1v) is 9.45. The van der Waals surface area contributed by atoms with Gasteiger partial charge >= 0.3 is 0 Å². The van der Waals surface area contributed by atoms with Crippen LogP contribution in [0, 0.1) is 5.82 Å². The number of aromatic nitrogens is 2. The van der Waals surface area contributed by atoms with Gasteiger partial charge in [0.2, 0.25) is 5.91 Å². The summed E-state index contributed by atoms with van der Waals surface area (Å²) in [6.07, 6.45) is 3.71. The summed E-state index contributed by atoms with van der Waals surface area (Å²) in [5.74, 6) is 0.143. The SMILES string of the molecule is CC(=O)N(C)c1cc(-c2[nH]c3c(c2Nc2ccc(F)cc2)C(=O)CCC3)ccn1. The zero-order valence-corrected chi connectivity index (χ0v) is 16.3. The Balaban J connectivity index is 1.83. The van der Waals surface area contributed by atoms with E-state index in [0.717, 1.165) is 29.8 Å². The molecule has 0 spiro atoms. The molecule has 0 saturated heterocycles. The Morgan fingerprint density at radius 3 is 2.69 bits per heavy atom. The Hall–Kier alpha value is -3.48. The Morgan fingerprint density at radius 1 is 1.21 bits per heavy atom. The second-order valence-corrected chi connectivity index (χ2v) is 7.12. The molecular formula is C22H21FN4O2. The van der Waals surface area contributed by atoms with Crippen molar-refractivity contribution in [2.45, 2.75) is 26.2 Å². The summed E-state index contributed by atoms with van der Waals surface area (Å²) in [4.78, 5) is 33.5. The zero-order chi connectivity index (χ0) is 20.5. The van der Waals surface area contributed by atoms with Gasteiger partial charge in [0, 0.05) is 43.5 Å². The van der Waals surface area contributed by atoms with Crippen LogP contribution >= 0.6 is 0 Å². The summed E-state index contributed by atoms with van der Waals surface area (Å²) >= 11 is 0. The molecule has 148 valence electrons. The van der Waals surface area contributed by atoms with Crippen LogP contribution in [-0.2, 0) is 11.2 Å². The maximum atomic E-state index is 13.3. The second-order valence-electron chi connectivity index (χ2n) is 7.12. The number of nitrogens with one attached hydrogen (secondary N) is 2. The molecule has 3 aromatic rings. The lowest BCUT2D eigenvalue weighted by Crippen LogP contribution is -2.23. The topological polar surface area (TPSA) is 78.1 Å². The van der Waals surface area contributed by atoms with Crippen LogP contribution < -0.4 is 10.2 Å². The average molecular weight is 392 g/mol. The lowest BCUT2D eigenvalue weighted by atomic mass is 9.95. The quantitative estimate of drug-likeness (QED) is 0.687. The van der Waals surface area contributed by atoms with E-state index in [-0.39, 0.29) is 17.5 Å². The monoisotopic (exact) mass is 392 g/mol. The number of aromatic amines is 1. The first-order valence-electron chi connectivity index (χ1n) is 9.45. The Bertz CT molecular complexity index is 1090. The number of anilines is 3. The molecule has 1 amide bonds. The number of nitrogens with zero attached hydrogens (tertiary/aromatic N) is 2. The molecule has 6 nitrogen and oxygen atoms in total. The molecule has 0 atom stereocenters. The van der Waals surface area contributed by atoms with E-state index in [9.17, 15) is 14.0 Å². The van der Waals surface area contributed by atoms with Gasteiger partial charge in [0.15, 0.2) is 5.78 Å². The van der Waals surface area contributed by atoms with Crippen LogP contribution in [0.4, 0.5) is 21.6 Å². The van der Waals surface area contributed by atoms with Crippen molar-refractivity contribution in [3.05, 3.63) is 59.7 Å². The first kappa shape index (κ1) is 18.9. The number of aryl methyl sites for hydroxylation is 1. The van der Waals surface area contributed by atoms with Crippen molar-refractivity contribution in [1.29, 1.82) is 0 Å². The minimum Gasteiger partial charge on any atom is -0.356 e. The highest BCUT2D eigenvalue weighted by Gasteiger charge is 2.27. The number of carbonyl (C=O) groups excluding carboxylic acids is 2. The van der Waals surface area contributed by atoms with Crippen LogP contribution in [0.15, 0.2) is 42.6 Å². The van der Waals surface area contributed by atoms with E-state index < -0.39 is 0 Å². The van der Waals surface area contributed by atoms with Gasteiger partial charge in [-0.15, -0.1) is 0 Å². The van der Waals surface area contributed by atoms with E-state index >= 15 is 0 Å². The molecule has 1 aliphatic rings. The summed E-state index contributed by atoms with van der Waals surface area (Å²) in [5.41, 5.74) is 4.43. The Labute approximate surface area is 167 Å². The highest BCUT2D eigenvalue weighted by molar-refractivity contribution is 6.07. The molecule has 1 aromatic carbocycles. The van der Waals surface area contributed by atoms with Gasteiger partial charge in [-0.25, -0.2) is 9.37 Å². The third-order valence-electron chi connectivity index (χ3n) is 5.15. The fourth-order valence-corrected chi connectivity index (χ4v) is 3.54. The highest BCUT2D eigenvalue weighted by atomic mass is 19.1. The highest BCUT2D eigenvalue weighted by Crippen LogP contribution is 2.39.